The molecule has 1 unspecified atom stereocenters. The van der Waals surface area contributed by atoms with Gasteiger partial charge in [0.1, 0.15) is 11.5 Å². The molecule has 36 heavy (non-hydrogen) atoms. The largest absolute Gasteiger partial charge is 0.393 e. The number of carbonyl (C=O) groups excluding carboxylic acids is 2. The van der Waals surface area contributed by atoms with E-state index in [9.17, 15) is 14.7 Å². The lowest BCUT2D eigenvalue weighted by atomic mass is 9.90. The number of anilines is 1. The minimum atomic E-state index is -0.267. The van der Waals surface area contributed by atoms with Gasteiger partial charge in [-0.25, -0.2) is 4.39 Å². The van der Waals surface area contributed by atoms with Crippen LogP contribution in [-0.2, 0) is 4.79 Å². The van der Waals surface area contributed by atoms with E-state index in [1.807, 2.05) is 17.0 Å². The lowest BCUT2D eigenvalue weighted by Crippen LogP contribution is -2.41. The molecule has 7 nitrogen and oxygen atoms in total. The third-order valence-electron chi connectivity index (χ3n) is 7.60. The van der Waals surface area contributed by atoms with E-state index in [2.05, 4.69) is 9.88 Å². The first kappa shape index (κ1) is 26.1. The van der Waals surface area contributed by atoms with Crippen molar-refractivity contribution in [2.24, 2.45) is 5.92 Å². The predicted octanol–water partition coefficient (Wildman–Crippen LogP) is 3.96. The van der Waals surface area contributed by atoms with Gasteiger partial charge in [0.05, 0.1) is 11.8 Å². The number of nitrogens with zero attached hydrogens (tertiary/aromatic N) is 4. The molecule has 8 heteroatoms. The summed E-state index contributed by atoms with van der Waals surface area (Å²) in [5.74, 6) is -0.0335. The van der Waals surface area contributed by atoms with Crippen LogP contribution in [0.1, 0.15) is 55.4 Å². The minimum Gasteiger partial charge on any atom is -0.393 e. The third-order valence-corrected chi connectivity index (χ3v) is 7.60. The van der Waals surface area contributed by atoms with Crippen LogP contribution in [0, 0.1) is 11.7 Å². The second-order valence-electron chi connectivity index (χ2n) is 10.3. The van der Waals surface area contributed by atoms with Crippen LogP contribution in [0.3, 0.4) is 0 Å². The Labute approximate surface area is 212 Å². The molecular weight excluding hydrogens is 459 g/mol. The van der Waals surface area contributed by atoms with Gasteiger partial charge in [0.15, 0.2) is 0 Å². The van der Waals surface area contributed by atoms with E-state index in [4.69, 9.17) is 0 Å². The van der Waals surface area contributed by atoms with Crippen molar-refractivity contribution < 1.29 is 19.1 Å². The summed E-state index contributed by atoms with van der Waals surface area (Å²) in [6.45, 7) is 2.30. The van der Waals surface area contributed by atoms with Crippen molar-refractivity contribution in [1.29, 1.82) is 0 Å². The number of aliphatic hydroxyl groups excluding tert-OH is 1. The molecule has 1 aliphatic heterocycles. The first-order chi connectivity index (χ1) is 17.4. The molecule has 0 spiro atoms. The molecule has 0 radical (unpaired) electrons. The molecule has 0 bridgehead atoms. The van der Waals surface area contributed by atoms with Gasteiger partial charge < -0.3 is 19.8 Å². The maximum atomic E-state index is 15.2. The van der Waals surface area contributed by atoms with Crippen LogP contribution in [0.5, 0.6) is 0 Å². The van der Waals surface area contributed by atoms with E-state index in [-0.39, 0.29) is 23.9 Å². The molecule has 2 fully saturated rings. The Hall–Kier alpha value is -3.00. The summed E-state index contributed by atoms with van der Waals surface area (Å²) in [5, 5.41) is 9.75. The number of amides is 2. The van der Waals surface area contributed by atoms with Crippen molar-refractivity contribution in [2.45, 2.75) is 57.1 Å². The summed E-state index contributed by atoms with van der Waals surface area (Å²) in [6.07, 6.45) is 8.54. The second-order valence-corrected chi connectivity index (χ2v) is 10.3. The van der Waals surface area contributed by atoms with Crippen LogP contribution < -0.4 is 4.90 Å². The highest BCUT2D eigenvalue weighted by Crippen LogP contribution is 2.31. The maximum Gasteiger partial charge on any atom is 0.271 e. The molecule has 2 aromatic rings. The number of rotatable bonds is 8. The Morgan fingerprint density at radius 2 is 1.89 bits per heavy atom. The highest BCUT2D eigenvalue weighted by atomic mass is 19.1. The lowest BCUT2D eigenvalue weighted by Gasteiger charge is -2.37. The number of aromatic nitrogens is 1. The SMILES string of the molecule is CN(C)C(=O)c1ccc(-c2ccc(N3CCCC(CCN(C=O)C4CCC(O)CC4)C3)c(F)c2)cn1. The molecule has 1 aromatic carbocycles. The minimum absolute atomic E-state index is 0.170. The van der Waals surface area contributed by atoms with Crippen LogP contribution in [0.2, 0.25) is 0 Å². The molecule has 4 rings (SSSR count). The summed E-state index contributed by atoms with van der Waals surface area (Å²) in [6, 6.07) is 8.95. The number of hydrogen-bond donors (Lipinski definition) is 1. The molecule has 1 atom stereocenters. The Kier molecular flexibility index (Phi) is 8.56. The van der Waals surface area contributed by atoms with Gasteiger partial charge in [-0.05, 0) is 74.6 Å². The summed E-state index contributed by atoms with van der Waals surface area (Å²) in [4.78, 5) is 33.5. The molecule has 2 heterocycles. The molecule has 1 saturated heterocycles. The third kappa shape index (κ3) is 6.22. The highest BCUT2D eigenvalue weighted by molar-refractivity contribution is 5.92. The number of carbonyl (C=O) groups is 2. The molecule has 2 aliphatic rings. The number of halogens is 1. The van der Waals surface area contributed by atoms with Gasteiger partial charge in [-0.1, -0.05) is 12.1 Å². The number of pyridine rings is 1. The lowest BCUT2D eigenvalue weighted by molar-refractivity contribution is -0.121. The van der Waals surface area contributed by atoms with Crippen molar-refractivity contribution in [3.63, 3.8) is 0 Å². The molecular formula is C28H37FN4O3. The molecule has 1 N–H and O–H groups in total. The summed E-state index contributed by atoms with van der Waals surface area (Å²) >= 11 is 0. The first-order valence-corrected chi connectivity index (χ1v) is 13.0. The Morgan fingerprint density at radius 3 is 2.53 bits per heavy atom. The van der Waals surface area contributed by atoms with E-state index >= 15 is 4.39 Å². The van der Waals surface area contributed by atoms with Gasteiger partial charge >= 0.3 is 0 Å². The average molecular weight is 497 g/mol. The number of aliphatic hydroxyl groups is 1. The van der Waals surface area contributed by atoms with E-state index in [0.29, 0.717) is 23.8 Å². The van der Waals surface area contributed by atoms with Gasteiger partial charge in [-0.15, -0.1) is 0 Å². The van der Waals surface area contributed by atoms with Crippen molar-refractivity contribution in [3.8, 4) is 11.1 Å². The molecule has 1 saturated carbocycles. The van der Waals surface area contributed by atoms with Gasteiger partial charge in [0, 0.05) is 51.5 Å². The van der Waals surface area contributed by atoms with Crippen LogP contribution in [0.25, 0.3) is 11.1 Å². The Bertz CT molecular complexity index is 1040. The fraction of sp³-hybridized carbons (Fsp3) is 0.536. The quantitative estimate of drug-likeness (QED) is 0.560. The summed E-state index contributed by atoms with van der Waals surface area (Å²) < 4.78 is 15.2. The average Bonchev–Trinajstić information content (AvgIpc) is 2.89. The predicted molar refractivity (Wildman–Crippen MR) is 138 cm³/mol. The van der Waals surface area contributed by atoms with Crippen molar-refractivity contribution in [3.05, 3.63) is 48.0 Å². The standard InChI is InChI=1S/C28H37FN4O3/c1-31(2)28(36)26-11-5-22(17-30-26)21-6-12-27(25(29)16-21)32-14-3-4-20(18-32)13-15-33(19-34)23-7-9-24(35)10-8-23/h5-6,11-12,16-17,19-20,23-24,35H,3-4,7-10,13-15,18H2,1-2H3. The van der Waals surface area contributed by atoms with Crippen LogP contribution in [0.15, 0.2) is 36.5 Å². The smallest absolute Gasteiger partial charge is 0.271 e. The zero-order chi connectivity index (χ0) is 25.7. The number of piperidine rings is 1. The maximum absolute atomic E-state index is 15.2. The number of hydrogen-bond acceptors (Lipinski definition) is 5. The van der Waals surface area contributed by atoms with E-state index in [1.54, 1.807) is 32.4 Å². The number of benzene rings is 1. The highest BCUT2D eigenvalue weighted by Gasteiger charge is 2.26. The van der Waals surface area contributed by atoms with Gasteiger partial charge in [-0.3, -0.25) is 14.6 Å². The van der Waals surface area contributed by atoms with E-state index < -0.39 is 0 Å². The van der Waals surface area contributed by atoms with Gasteiger partial charge in [0.2, 0.25) is 6.41 Å². The molecule has 1 aromatic heterocycles. The van der Waals surface area contributed by atoms with Crippen LogP contribution >= 0.6 is 0 Å². The van der Waals surface area contributed by atoms with Gasteiger partial charge in [0.25, 0.3) is 5.91 Å². The molecule has 194 valence electrons. The van der Waals surface area contributed by atoms with Gasteiger partial charge in [-0.2, -0.15) is 0 Å². The zero-order valence-corrected chi connectivity index (χ0v) is 21.3. The fourth-order valence-electron chi connectivity index (χ4n) is 5.43. The van der Waals surface area contributed by atoms with Crippen molar-refractivity contribution in [1.82, 2.24) is 14.8 Å². The van der Waals surface area contributed by atoms with E-state index in [1.165, 1.54) is 11.0 Å². The van der Waals surface area contributed by atoms with Crippen LogP contribution in [-0.4, -0.2) is 78.1 Å². The first-order valence-electron chi connectivity index (χ1n) is 13.0. The summed E-state index contributed by atoms with van der Waals surface area (Å²) in [7, 11) is 3.36. The monoisotopic (exact) mass is 496 g/mol. The molecule has 2 amide bonds. The van der Waals surface area contributed by atoms with E-state index in [0.717, 1.165) is 75.6 Å². The van der Waals surface area contributed by atoms with Crippen molar-refractivity contribution >= 4 is 18.0 Å². The van der Waals surface area contributed by atoms with Crippen molar-refractivity contribution in [2.75, 3.05) is 38.6 Å². The zero-order valence-electron chi connectivity index (χ0n) is 21.3. The Balaban J connectivity index is 1.36. The topological polar surface area (TPSA) is 77.0 Å². The Morgan fingerprint density at radius 1 is 1.14 bits per heavy atom. The fourth-order valence-corrected chi connectivity index (χ4v) is 5.43. The normalized spacial score (nSPS) is 22.2. The summed E-state index contributed by atoms with van der Waals surface area (Å²) in [5.41, 5.74) is 2.44. The molecule has 1 aliphatic carbocycles. The van der Waals surface area contributed by atoms with Crippen LogP contribution in [0.4, 0.5) is 10.1 Å². The second kappa shape index (κ2) is 11.8.